The summed E-state index contributed by atoms with van der Waals surface area (Å²) >= 11 is 0.914. The van der Waals surface area contributed by atoms with Crippen LogP contribution in [0.1, 0.15) is 59.7 Å². The Morgan fingerprint density at radius 1 is 1.00 bits per heavy atom. The molecule has 1 unspecified atom stereocenters. The summed E-state index contributed by atoms with van der Waals surface area (Å²) in [5.41, 5.74) is 0.454. The highest BCUT2D eigenvalue weighted by Gasteiger charge is 2.27. The van der Waals surface area contributed by atoms with Crippen molar-refractivity contribution in [2.24, 2.45) is 5.92 Å². The molecule has 0 fully saturated rings. The van der Waals surface area contributed by atoms with Gasteiger partial charge in [-0.05, 0) is 32.8 Å². The molecule has 1 aromatic rings. The fourth-order valence-electron chi connectivity index (χ4n) is 2.05. The highest BCUT2D eigenvalue weighted by molar-refractivity contribution is 7.18. The minimum Gasteiger partial charge on any atom is -0.462 e. The van der Waals surface area contributed by atoms with Crippen molar-refractivity contribution >= 4 is 40.2 Å². The molecule has 1 heterocycles. The van der Waals surface area contributed by atoms with E-state index in [1.54, 1.807) is 27.7 Å². The molecule has 0 aromatic carbocycles. The zero-order chi connectivity index (χ0) is 20.6. The molecular weight excluding hydrogens is 374 g/mol. The number of esters is 3. The summed E-state index contributed by atoms with van der Waals surface area (Å²) in [5, 5.41) is 2.67. The number of hydrogen-bond acceptors (Lipinski definition) is 8. The van der Waals surface area contributed by atoms with Gasteiger partial charge in [0.25, 0.3) is 5.91 Å². The maximum absolute atomic E-state index is 12.3. The van der Waals surface area contributed by atoms with E-state index in [-0.39, 0.29) is 34.6 Å². The van der Waals surface area contributed by atoms with Gasteiger partial charge in [-0.25, -0.2) is 9.59 Å². The van der Waals surface area contributed by atoms with Gasteiger partial charge in [-0.15, -0.1) is 11.3 Å². The molecule has 0 radical (unpaired) electrons. The molecule has 0 aliphatic rings. The van der Waals surface area contributed by atoms with Crippen LogP contribution in [-0.2, 0) is 23.8 Å². The summed E-state index contributed by atoms with van der Waals surface area (Å²) in [6.45, 7) is 8.27. The Bertz CT molecular complexity index is 711. The van der Waals surface area contributed by atoms with Gasteiger partial charge in [-0.3, -0.25) is 9.59 Å². The maximum Gasteiger partial charge on any atom is 0.348 e. The Kier molecular flexibility index (Phi) is 8.93. The first kappa shape index (κ1) is 22.6. The van der Waals surface area contributed by atoms with Crippen molar-refractivity contribution in [3.05, 3.63) is 16.0 Å². The predicted molar refractivity (Wildman–Crippen MR) is 100 cm³/mol. The fourth-order valence-corrected chi connectivity index (χ4v) is 3.16. The van der Waals surface area contributed by atoms with Crippen LogP contribution in [0.3, 0.4) is 0 Å². The van der Waals surface area contributed by atoms with Crippen LogP contribution in [0.5, 0.6) is 0 Å². The van der Waals surface area contributed by atoms with Crippen LogP contribution >= 0.6 is 11.3 Å². The van der Waals surface area contributed by atoms with Crippen LogP contribution < -0.4 is 5.32 Å². The van der Waals surface area contributed by atoms with Crippen molar-refractivity contribution in [1.29, 1.82) is 0 Å². The number of carbonyl (C=O) groups is 4. The van der Waals surface area contributed by atoms with Gasteiger partial charge in [0.15, 0.2) is 6.61 Å². The molecule has 27 heavy (non-hydrogen) atoms. The minimum atomic E-state index is -0.659. The van der Waals surface area contributed by atoms with E-state index >= 15 is 0 Å². The first-order chi connectivity index (χ1) is 12.8. The van der Waals surface area contributed by atoms with Crippen molar-refractivity contribution in [3.8, 4) is 0 Å². The number of anilines is 1. The molecule has 8 nitrogen and oxygen atoms in total. The summed E-state index contributed by atoms with van der Waals surface area (Å²) in [5.74, 6) is -2.66. The number of hydrogen-bond donors (Lipinski definition) is 1. The Balaban J connectivity index is 3.01. The van der Waals surface area contributed by atoms with E-state index in [0.29, 0.717) is 12.0 Å². The molecule has 1 atom stereocenters. The lowest BCUT2D eigenvalue weighted by molar-refractivity contribution is -0.151. The number of ether oxygens (including phenoxy) is 3. The zero-order valence-electron chi connectivity index (χ0n) is 16.2. The van der Waals surface area contributed by atoms with Crippen molar-refractivity contribution in [2.75, 3.05) is 25.1 Å². The average molecular weight is 399 g/mol. The summed E-state index contributed by atoms with van der Waals surface area (Å²) in [6.07, 6.45) is 0.598. The first-order valence-electron chi connectivity index (χ1n) is 8.70. The first-order valence-corrected chi connectivity index (χ1v) is 9.52. The number of thiophene rings is 1. The zero-order valence-corrected chi connectivity index (χ0v) is 17.0. The molecule has 9 heteroatoms. The lowest BCUT2D eigenvalue weighted by atomic mass is 10.1. The molecule has 0 aliphatic carbocycles. The third kappa shape index (κ3) is 6.06. The van der Waals surface area contributed by atoms with Gasteiger partial charge >= 0.3 is 17.9 Å². The number of nitrogens with one attached hydrogen (secondary N) is 1. The highest BCUT2D eigenvalue weighted by Crippen LogP contribution is 2.34. The molecule has 0 spiro atoms. The summed E-state index contributed by atoms with van der Waals surface area (Å²) in [7, 11) is 0. The van der Waals surface area contributed by atoms with Crippen LogP contribution in [0.2, 0.25) is 0 Å². The molecule has 1 amide bonds. The molecule has 0 saturated carbocycles. The molecule has 1 N–H and O–H groups in total. The Morgan fingerprint density at radius 2 is 1.59 bits per heavy atom. The van der Waals surface area contributed by atoms with Gasteiger partial charge in [0.05, 0.1) is 24.7 Å². The van der Waals surface area contributed by atoms with Crippen LogP contribution in [0.15, 0.2) is 0 Å². The highest BCUT2D eigenvalue weighted by atomic mass is 32.1. The van der Waals surface area contributed by atoms with Gasteiger partial charge in [0.1, 0.15) is 9.88 Å². The molecule has 1 rings (SSSR count). The molecule has 1 aromatic heterocycles. The summed E-state index contributed by atoms with van der Waals surface area (Å²) in [4.78, 5) is 48.3. The number of rotatable bonds is 9. The van der Waals surface area contributed by atoms with E-state index in [4.69, 9.17) is 14.2 Å². The second-order valence-electron chi connectivity index (χ2n) is 5.67. The molecule has 150 valence electrons. The van der Waals surface area contributed by atoms with Gasteiger partial charge in [-0.2, -0.15) is 0 Å². The number of carbonyl (C=O) groups excluding carboxylic acids is 4. The van der Waals surface area contributed by atoms with E-state index in [0.717, 1.165) is 11.3 Å². The van der Waals surface area contributed by atoms with E-state index in [1.807, 2.05) is 6.92 Å². The molecule has 0 saturated heterocycles. The second-order valence-corrected chi connectivity index (χ2v) is 6.69. The Morgan fingerprint density at radius 3 is 2.15 bits per heavy atom. The molecular formula is C18H25NO7S. The second kappa shape index (κ2) is 10.7. The predicted octanol–water partition coefficient (Wildman–Crippen LogP) is 2.94. The van der Waals surface area contributed by atoms with Crippen LogP contribution in [0.4, 0.5) is 5.00 Å². The minimum absolute atomic E-state index is 0.0894. The van der Waals surface area contributed by atoms with Crippen molar-refractivity contribution in [2.45, 2.75) is 41.0 Å². The van der Waals surface area contributed by atoms with Crippen LogP contribution in [0.25, 0.3) is 0 Å². The van der Waals surface area contributed by atoms with Gasteiger partial charge in [0.2, 0.25) is 0 Å². The van der Waals surface area contributed by atoms with Crippen LogP contribution in [-0.4, -0.2) is 43.6 Å². The molecule has 0 bridgehead atoms. The monoisotopic (exact) mass is 399 g/mol. The quantitative estimate of drug-likeness (QED) is 0.502. The normalized spacial score (nSPS) is 11.4. The van der Waals surface area contributed by atoms with Crippen molar-refractivity contribution < 1.29 is 33.4 Å². The smallest absolute Gasteiger partial charge is 0.348 e. The SMILES string of the molecule is CCOC(=O)c1sc(NC(=O)COC(=O)C(C)CC)c(C(=O)OCC)c1C. The van der Waals surface area contributed by atoms with Gasteiger partial charge < -0.3 is 19.5 Å². The lowest BCUT2D eigenvalue weighted by Crippen LogP contribution is -2.24. The molecule has 0 aliphatic heterocycles. The van der Waals surface area contributed by atoms with E-state index in [1.165, 1.54) is 0 Å². The van der Waals surface area contributed by atoms with Gasteiger partial charge in [-0.1, -0.05) is 13.8 Å². The standard InChI is InChI=1S/C18H25NO7S/c1-6-10(4)16(21)26-9-12(20)19-15-13(17(22)24-7-2)11(5)14(27-15)18(23)25-8-3/h10H,6-9H2,1-5H3,(H,19,20). The number of amides is 1. The van der Waals surface area contributed by atoms with Crippen molar-refractivity contribution in [3.63, 3.8) is 0 Å². The third-order valence-electron chi connectivity index (χ3n) is 3.70. The maximum atomic E-state index is 12.3. The van der Waals surface area contributed by atoms with Gasteiger partial charge in [0, 0.05) is 0 Å². The van der Waals surface area contributed by atoms with Crippen molar-refractivity contribution in [1.82, 2.24) is 0 Å². The Labute approximate surface area is 162 Å². The lowest BCUT2D eigenvalue weighted by Gasteiger charge is -2.10. The third-order valence-corrected chi connectivity index (χ3v) is 4.89. The van der Waals surface area contributed by atoms with E-state index < -0.39 is 30.4 Å². The Hall–Kier alpha value is -2.42. The fraction of sp³-hybridized carbons (Fsp3) is 0.556. The van der Waals surface area contributed by atoms with E-state index in [2.05, 4.69) is 5.32 Å². The summed E-state index contributed by atoms with van der Waals surface area (Å²) in [6, 6.07) is 0. The largest absolute Gasteiger partial charge is 0.462 e. The topological polar surface area (TPSA) is 108 Å². The summed E-state index contributed by atoms with van der Waals surface area (Å²) < 4.78 is 14.9. The van der Waals surface area contributed by atoms with E-state index in [9.17, 15) is 19.2 Å². The van der Waals surface area contributed by atoms with Crippen LogP contribution in [0, 0.1) is 12.8 Å². The average Bonchev–Trinajstić information content (AvgIpc) is 2.95.